The number of hydrogen-bond donors (Lipinski definition) is 3. The van der Waals surface area contributed by atoms with Gasteiger partial charge in [-0.05, 0) is 80.6 Å². The van der Waals surface area contributed by atoms with Gasteiger partial charge in [-0.3, -0.25) is 14.4 Å². The van der Waals surface area contributed by atoms with Gasteiger partial charge in [0, 0.05) is 11.7 Å². The lowest BCUT2D eigenvalue weighted by atomic mass is 10.1. The van der Waals surface area contributed by atoms with Crippen LogP contribution in [0.1, 0.15) is 36.5 Å². The highest BCUT2D eigenvalue weighted by molar-refractivity contribution is 6.35. The maximum atomic E-state index is 12.3. The van der Waals surface area contributed by atoms with E-state index in [1.807, 2.05) is 39.0 Å². The molecule has 0 spiro atoms. The van der Waals surface area contributed by atoms with E-state index in [4.69, 9.17) is 9.47 Å². The molecule has 2 aromatic rings. The summed E-state index contributed by atoms with van der Waals surface area (Å²) in [5.41, 5.74) is 5.64. The molecule has 0 saturated heterocycles. The largest absolute Gasteiger partial charge is 0.490 e. The maximum Gasteiger partial charge on any atom is 0.329 e. The smallest absolute Gasteiger partial charge is 0.329 e. The van der Waals surface area contributed by atoms with Crippen molar-refractivity contribution < 1.29 is 23.9 Å². The number of benzene rings is 2. The first kappa shape index (κ1) is 23.8. The normalized spacial score (nSPS) is 12.8. The predicted octanol–water partition coefficient (Wildman–Crippen LogP) is 2.45. The fraction of sp³-hybridized carbons (Fsp3) is 0.333. The Bertz CT molecular complexity index is 1040. The first-order valence-corrected chi connectivity index (χ1v) is 10.8. The number of carbonyl (C=O) groups excluding carboxylic acids is 3. The molecule has 3 rings (SSSR count). The zero-order valence-corrected chi connectivity index (χ0v) is 18.9. The van der Waals surface area contributed by atoms with Crippen molar-refractivity contribution in [2.45, 2.75) is 39.7 Å². The second-order valence-electron chi connectivity index (χ2n) is 7.80. The van der Waals surface area contributed by atoms with E-state index in [2.05, 4.69) is 21.2 Å². The highest BCUT2D eigenvalue weighted by atomic mass is 16.5. The van der Waals surface area contributed by atoms with Crippen LogP contribution in [0.3, 0.4) is 0 Å². The monoisotopic (exact) mass is 452 g/mol. The third kappa shape index (κ3) is 7.64. The van der Waals surface area contributed by atoms with Gasteiger partial charge in [-0.2, -0.15) is 5.10 Å². The molecule has 0 aliphatic heterocycles. The van der Waals surface area contributed by atoms with Crippen molar-refractivity contribution in [3.63, 3.8) is 0 Å². The number of rotatable bonds is 9. The number of nitrogens with one attached hydrogen (secondary N) is 3. The van der Waals surface area contributed by atoms with Gasteiger partial charge >= 0.3 is 11.8 Å². The molecule has 0 unspecified atom stereocenters. The van der Waals surface area contributed by atoms with Crippen LogP contribution in [0.15, 0.2) is 41.5 Å². The Hall–Kier alpha value is -3.88. The van der Waals surface area contributed by atoms with E-state index in [9.17, 15) is 14.4 Å². The Morgan fingerprint density at radius 2 is 1.73 bits per heavy atom. The van der Waals surface area contributed by atoms with E-state index >= 15 is 0 Å². The second kappa shape index (κ2) is 11.1. The van der Waals surface area contributed by atoms with Crippen LogP contribution < -0.4 is 25.5 Å². The van der Waals surface area contributed by atoms with Crippen molar-refractivity contribution >= 4 is 29.6 Å². The van der Waals surface area contributed by atoms with Crippen LogP contribution in [0.25, 0.3) is 0 Å². The molecule has 3 amide bonds. The molecule has 1 saturated carbocycles. The molecule has 33 heavy (non-hydrogen) atoms. The third-order valence-corrected chi connectivity index (χ3v) is 4.63. The molecule has 1 aliphatic rings. The van der Waals surface area contributed by atoms with Crippen LogP contribution in [-0.4, -0.2) is 43.2 Å². The summed E-state index contributed by atoms with van der Waals surface area (Å²) in [5.74, 6) is -0.985. The van der Waals surface area contributed by atoms with Gasteiger partial charge in [0.1, 0.15) is 0 Å². The summed E-state index contributed by atoms with van der Waals surface area (Å²) in [6.45, 7) is 5.96. The van der Waals surface area contributed by atoms with Crippen LogP contribution in [0, 0.1) is 13.8 Å². The molecule has 0 heterocycles. The van der Waals surface area contributed by atoms with Crippen LogP contribution in [0.4, 0.5) is 5.69 Å². The number of amides is 3. The molecule has 1 fully saturated rings. The van der Waals surface area contributed by atoms with Crippen molar-refractivity contribution in [2.24, 2.45) is 5.10 Å². The summed E-state index contributed by atoms with van der Waals surface area (Å²) >= 11 is 0. The summed E-state index contributed by atoms with van der Waals surface area (Å²) in [4.78, 5) is 35.7. The maximum absolute atomic E-state index is 12.3. The van der Waals surface area contributed by atoms with E-state index in [1.54, 1.807) is 18.2 Å². The van der Waals surface area contributed by atoms with Crippen molar-refractivity contribution in [3.8, 4) is 11.5 Å². The lowest BCUT2D eigenvalue weighted by Crippen LogP contribution is -2.38. The molecule has 0 atom stereocenters. The number of aryl methyl sites for hydroxylation is 2. The molecule has 2 aromatic carbocycles. The lowest BCUT2D eigenvalue weighted by Gasteiger charge is -2.13. The minimum Gasteiger partial charge on any atom is -0.490 e. The molecule has 0 bridgehead atoms. The van der Waals surface area contributed by atoms with Gasteiger partial charge in [0.15, 0.2) is 18.1 Å². The van der Waals surface area contributed by atoms with Crippen molar-refractivity contribution in [1.82, 2.24) is 10.7 Å². The Labute approximate surface area is 192 Å². The average Bonchev–Trinajstić information content (AvgIpc) is 3.56. The van der Waals surface area contributed by atoms with Gasteiger partial charge < -0.3 is 20.1 Å². The lowest BCUT2D eigenvalue weighted by molar-refractivity contribution is -0.139. The summed E-state index contributed by atoms with van der Waals surface area (Å²) in [6.07, 6.45) is 3.18. The number of hydrogen-bond acceptors (Lipinski definition) is 6. The van der Waals surface area contributed by atoms with Gasteiger partial charge in [-0.15, -0.1) is 0 Å². The predicted molar refractivity (Wildman–Crippen MR) is 125 cm³/mol. The minimum absolute atomic E-state index is 0.0940. The van der Waals surface area contributed by atoms with Gasteiger partial charge in [0.25, 0.3) is 5.91 Å². The van der Waals surface area contributed by atoms with Gasteiger partial charge in [-0.25, -0.2) is 5.43 Å². The molecule has 174 valence electrons. The van der Waals surface area contributed by atoms with E-state index < -0.39 is 11.8 Å². The number of hydrazone groups is 1. The Balaban J connectivity index is 1.56. The molecule has 0 radical (unpaired) electrons. The molecular formula is C24H28N4O5. The quantitative estimate of drug-likeness (QED) is 0.307. The van der Waals surface area contributed by atoms with E-state index in [0.717, 1.165) is 24.0 Å². The molecule has 0 aromatic heterocycles. The summed E-state index contributed by atoms with van der Waals surface area (Å²) in [7, 11) is 0. The Morgan fingerprint density at radius 1 is 1.00 bits per heavy atom. The minimum atomic E-state index is -0.821. The van der Waals surface area contributed by atoms with Gasteiger partial charge in [0.2, 0.25) is 0 Å². The molecular weight excluding hydrogens is 424 g/mol. The third-order valence-electron chi connectivity index (χ3n) is 4.63. The van der Waals surface area contributed by atoms with Gasteiger partial charge in [0.05, 0.1) is 12.8 Å². The molecule has 3 N–H and O–H groups in total. The van der Waals surface area contributed by atoms with Crippen LogP contribution >= 0.6 is 0 Å². The number of nitrogens with zero attached hydrogens (tertiary/aromatic N) is 1. The Morgan fingerprint density at radius 3 is 2.39 bits per heavy atom. The highest BCUT2D eigenvalue weighted by Crippen LogP contribution is 2.28. The standard InChI is InChI=1S/C24H28N4O5/c1-4-32-21-12-17(13-25-28-24(31)23(30)27-18-6-7-18)5-8-20(21)33-14-22(29)26-19-10-15(2)9-16(3)11-19/h5,8-13,18H,4,6-7,14H2,1-3H3,(H,26,29)(H,27,30)(H,28,31)/b25-13-. The van der Waals surface area contributed by atoms with Crippen molar-refractivity contribution in [1.29, 1.82) is 0 Å². The van der Waals surface area contributed by atoms with Crippen LogP contribution in [0.2, 0.25) is 0 Å². The molecule has 9 heteroatoms. The first-order valence-electron chi connectivity index (χ1n) is 10.8. The van der Waals surface area contributed by atoms with Crippen LogP contribution in [0.5, 0.6) is 11.5 Å². The summed E-state index contributed by atoms with van der Waals surface area (Å²) in [5, 5.41) is 9.22. The van der Waals surface area contributed by atoms with E-state index in [1.165, 1.54) is 6.21 Å². The zero-order valence-electron chi connectivity index (χ0n) is 18.9. The number of ether oxygens (including phenoxy) is 2. The van der Waals surface area contributed by atoms with Gasteiger partial charge in [-0.1, -0.05) is 6.07 Å². The topological polar surface area (TPSA) is 118 Å². The SMILES string of the molecule is CCOc1cc(/C=N\NC(=O)C(=O)NC2CC2)ccc1OCC(=O)Nc1cc(C)cc(C)c1. The first-order chi connectivity index (χ1) is 15.8. The summed E-state index contributed by atoms with van der Waals surface area (Å²) in [6, 6.07) is 10.9. The second-order valence-corrected chi connectivity index (χ2v) is 7.80. The molecule has 9 nitrogen and oxygen atoms in total. The summed E-state index contributed by atoms with van der Waals surface area (Å²) < 4.78 is 11.3. The van der Waals surface area contributed by atoms with Crippen LogP contribution in [-0.2, 0) is 14.4 Å². The highest BCUT2D eigenvalue weighted by Gasteiger charge is 2.26. The molecule has 1 aliphatic carbocycles. The van der Waals surface area contributed by atoms with Crippen molar-refractivity contribution in [2.75, 3.05) is 18.5 Å². The van der Waals surface area contributed by atoms with E-state index in [0.29, 0.717) is 29.4 Å². The number of anilines is 1. The fourth-order valence-electron chi connectivity index (χ4n) is 3.07. The average molecular weight is 453 g/mol. The zero-order chi connectivity index (χ0) is 23.8. The Kier molecular flexibility index (Phi) is 8.01. The fourth-order valence-corrected chi connectivity index (χ4v) is 3.07. The van der Waals surface area contributed by atoms with Crippen molar-refractivity contribution in [3.05, 3.63) is 53.1 Å². The number of carbonyl (C=O) groups is 3. The van der Waals surface area contributed by atoms with E-state index in [-0.39, 0.29) is 18.6 Å².